The molecule has 0 atom stereocenters. The molecule has 0 fully saturated rings. The molecule has 9 nitrogen and oxygen atoms in total. The van der Waals surface area contributed by atoms with E-state index in [9.17, 15) is 4.79 Å². The lowest BCUT2D eigenvalue weighted by atomic mass is 9.95. The van der Waals surface area contributed by atoms with Crippen LogP contribution in [0.15, 0.2) is 85.3 Å². The Hall–Kier alpha value is -5.02. The van der Waals surface area contributed by atoms with Crippen LogP contribution in [0.3, 0.4) is 0 Å². The minimum Gasteiger partial charge on any atom is -0.382 e. The number of amides is 1. The van der Waals surface area contributed by atoms with E-state index < -0.39 is 0 Å². The number of benzene rings is 3. The molecule has 6 aromatic rings. The van der Waals surface area contributed by atoms with Gasteiger partial charge in [-0.25, -0.2) is 9.50 Å². The molecule has 43 heavy (non-hydrogen) atoms. The second-order valence-corrected chi connectivity index (χ2v) is 11.6. The summed E-state index contributed by atoms with van der Waals surface area (Å²) >= 11 is 0. The minimum atomic E-state index is 0.130. The van der Waals surface area contributed by atoms with E-state index in [1.807, 2.05) is 27.4 Å². The molecule has 9 heteroatoms. The van der Waals surface area contributed by atoms with Crippen molar-refractivity contribution in [2.75, 3.05) is 32.9 Å². The number of hydrogen-bond acceptors (Lipinski definition) is 6. The van der Waals surface area contributed by atoms with E-state index in [1.54, 1.807) is 19.0 Å². The maximum atomic E-state index is 12.3. The van der Waals surface area contributed by atoms with Crippen molar-refractivity contribution in [1.82, 2.24) is 34.2 Å². The summed E-state index contributed by atoms with van der Waals surface area (Å²) < 4.78 is 3.90. The van der Waals surface area contributed by atoms with Crippen molar-refractivity contribution in [3.05, 3.63) is 113 Å². The van der Waals surface area contributed by atoms with E-state index in [-0.39, 0.29) is 5.91 Å². The van der Waals surface area contributed by atoms with Gasteiger partial charge in [0.1, 0.15) is 11.8 Å². The quantitative estimate of drug-likeness (QED) is 0.305. The van der Waals surface area contributed by atoms with Crippen molar-refractivity contribution in [1.29, 1.82) is 0 Å². The number of hydrogen-bond donors (Lipinski definition) is 1. The van der Waals surface area contributed by atoms with Crippen LogP contribution in [0.1, 0.15) is 27.9 Å². The molecule has 1 aliphatic heterocycles. The van der Waals surface area contributed by atoms with Crippen molar-refractivity contribution >= 4 is 28.1 Å². The second-order valence-electron chi connectivity index (χ2n) is 11.6. The maximum Gasteiger partial charge on any atom is 0.236 e. The lowest BCUT2D eigenvalue weighted by Gasteiger charge is -2.29. The van der Waals surface area contributed by atoms with Gasteiger partial charge < -0.3 is 10.6 Å². The first-order chi connectivity index (χ1) is 20.9. The van der Waals surface area contributed by atoms with Crippen molar-refractivity contribution < 1.29 is 4.79 Å². The summed E-state index contributed by atoms with van der Waals surface area (Å²) in [6.45, 7) is 2.82. The highest BCUT2D eigenvalue weighted by molar-refractivity contribution is 5.92. The van der Waals surface area contributed by atoms with Crippen LogP contribution in [-0.4, -0.2) is 67.3 Å². The second kappa shape index (κ2) is 11.0. The van der Waals surface area contributed by atoms with Crippen LogP contribution < -0.4 is 5.73 Å². The van der Waals surface area contributed by atoms with Gasteiger partial charge in [0.2, 0.25) is 5.91 Å². The highest BCUT2D eigenvalue weighted by atomic mass is 16.2. The molecule has 0 saturated heterocycles. The molecule has 7 rings (SSSR count). The number of fused-ring (bicyclic) bond motifs is 3. The highest BCUT2D eigenvalue weighted by Gasteiger charge is 2.21. The van der Waals surface area contributed by atoms with E-state index in [4.69, 9.17) is 10.8 Å². The van der Waals surface area contributed by atoms with Crippen LogP contribution in [0, 0.1) is 0 Å². The van der Waals surface area contributed by atoms with Crippen LogP contribution in [-0.2, 0) is 30.7 Å². The molecule has 0 radical (unpaired) electrons. The van der Waals surface area contributed by atoms with Gasteiger partial charge in [0.25, 0.3) is 0 Å². The van der Waals surface area contributed by atoms with E-state index in [2.05, 4.69) is 75.8 Å². The Bertz CT molecular complexity index is 1960. The van der Waals surface area contributed by atoms with Gasteiger partial charge in [0, 0.05) is 56.4 Å². The fourth-order valence-corrected chi connectivity index (χ4v) is 6.02. The predicted molar refractivity (Wildman–Crippen MR) is 169 cm³/mol. The van der Waals surface area contributed by atoms with Crippen molar-refractivity contribution in [2.45, 2.75) is 25.9 Å². The Morgan fingerprint density at radius 2 is 1.84 bits per heavy atom. The average Bonchev–Trinajstić information content (AvgIpc) is 3.58. The van der Waals surface area contributed by atoms with Gasteiger partial charge in [-0.3, -0.25) is 14.4 Å². The highest BCUT2D eigenvalue weighted by Crippen LogP contribution is 2.33. The van der Waals surface area contributed by atoms with Crippen LogP contribution in [0.4, 0.5) is 5.82 Å². The minimum absolute atomic E-state index is 0.130. The molecule has 1 aliphatic rings. The third kappa shape index (κ3) is 5.35. The van der Waals surface area contributed by atoms with Crippen LogP contribution >= 0.6 is 0 Å². The Kier molecular flexibility index (Phi) is 6.87. The van der Waals surface area contributed by atoms with Gasteiger partial charge >= 0.3 is 0 Å². The monoisotopic (exact) mass is 570 g/mol. The molecule has 0 bridgehead atoms. The van der Waals surface area contributed by atoms with Crippen LogP contribution in [0.5, 0.6) is 0 Å². The molecular weight excluding hydrogens is 536 g/mol. The Morgan fingerprint density at radius 1 is 0.977 bits per heavy atom. The summed E-state index contributed by atoms with van der Waals surface area (Å²) in [6.07, 6.45) is 5.23. The topological polar surface area (TPSA) is 97.6 Å². The summed E-state index contributed by atoms with van der Waals surface area (Å²) in [6, 6.07) is 25.6. The number of rotatable bonds is 7. The third-order valence-electron chi connectivity index (χ3n) is 8.31. The van der Waals surface area contributed by atoms with E-state index in [0.717, 1.165) is 59.3 Å². The zero-order chi connectivity index (χ0) is 29.5. The lowest BCUT2D eigenvalue weighted by Crippen LogP contribution is -2.39. The van der Waals surface area contributed by atoms with Crippen LogP contribution in [0.2, 0.25) is 0 Å². The molecule has 3 aromatic carbocycles. The van der Waals surface area contributed by atoms with Gasteiger partial charge in [0.05, 0.1) is 18.6 Å². The fourth-order valence-electron chi connectivity index (χ4n) is 6.02. The molecule has 4 heterocycles. The van der Waals surface area contributed by atoms with Crippen molar-refractivity contribution in [3.8, 4) is 11.1 Å². The summed E-state index contributed by atoms with van der Waals surface area (Å²) in [5.74, 6) is 0.572. The predicted octanol–water partition coefficient (Wildman–Crippen LogP) is 4.41. The number of nitrogens with two attached hydrogens (primary N) is 1. The first kappa shape index (κ1) is 26.9. The third-order valence-corrected chi connectivity index (χ3v) is 8.31. The zero-order valence-corrected chi connectivity index (χ0v) is 24.4. The number of anilines is 1. The summed E-state index contributed by atoms with van der Waals surface area (Å²) in [5.41, 5.74) is 16.2. The van der Waals surface area contributed by atoms with Crippen molar-refractivity contribution in [2.24, 2.45) is 0 Å². The van der Waals surface area contributed by atoms with Gasteiger partial charge in [-0.2, -0.15) is 10.2 Å². The Balaban J connectivity index is 1.19. The molecule has 0 spiro atoms. The standard InChI is InChI=1S/C34H34N8O/c1-39(2)32(43)21-40-13-12-25-9-8-24(14-28(25)19-40)15-29-17-30(33-34(35)36-22-37-42(29)33)26-10-11-27-20-41(38-31(27)16-26)18-23-6-4-3-5-7-23/h3-11,14,16-17,20,22H,12-13,15,18-19,21H2,1-2H3,(H2,35,36,37). The van der Waals surface area contributed by atoms with Crippen molar-refractivity contribution in [3.63, 3.8) is 0 Å². The molecule has 3 aromatic heterocycles. The molecule has 1 amide bonds. The molecular formula is C34H34N8O. The lowest BCUT2D eigenvalue weighted by molar-refractivity contribution is -0.130. The zero-order valence-electron chi connectivity index (χ0n) is 24.4. The SMILES string of the molecule is CN(C)C(=O)CN1CCc2ccc(Cc3cc(-c4ccc5cn(Cc6ccccc6)nc5c4)c4c(N)ncnn34)cc2C1. The smallest absolute Gasteiger partial charge is 0.236 e. The number of aromatic nitrogens is 5. The number of nitrogen functional groups attached to an aromatic ring is 1. The van der Waals surface area contributed by atoms with E-state index in [1.165, 1.54) is 28.6 Å². The maximum absolute atomic E-state index is 12.3. The van der Waals surface area contributed by atoms with E-state index >= 15 is 0 Å². The number of carbonyl (C=O) groups is 1. The number of likely N-dealkylation sites (N-methyl/N-ethyl adjacent to an activating group) is 1. The summed E-state index contributed by atoms with van der Waals surface area (Å²) in [4.78, 5) is 20.5. The number of nitrogens with zero attached hydrogens (tertiary/aromatic N) is 7. The van der Waals surface area contributed by atoms with Crippen LogP contribution in [0.25, 0.3) is 27.5 Å². The Labute approximate surface area is 250 Å². The first-order valence-corrected chi connectivity index (χ1v) is 14.6. The fraction of sp³-hybridized carbons (Fsp3) is 0.235. The largest absolute Gasteiger partial charge is 0.382 e. The normalized spacial score (nSPS) is 13.4. The molecule has 0 saturated carbocycles. The van der Waals surface area contributed by atoms with Gasteiger partial charge in [0.15, 0.2) is 5.82 Å². The number of carbonyl (C=O) groups excluding carboxylic acids is 1. The molecule has 0 aliphatic carbocycles. The van der Waals surface area contributed by atoms with Gasteiger partial charge in [-0.15, -0.1) is 0 Å². The van der Waals surface area contributed by atoms with Gasteiger partial charge in [-0.05, 0) is 46.4 Å². The Morgan fingerprint density at radius 3 is 2.67 bits per heavy atom. The molecule has 0 unspecified atom stereocenters. The summed E-state index contributed by atoms with van der Waals surface area (Å²) in [7, 11) is 3.61. The summed E-state index contributed by atoms with van der Waals surface area (Å²) in [5, 5.41) is 10.6. The molecule has 2 N–H and O–H groups in total. The first-order valence-electron chi connectivity index (χ1n) is 14.6. The average molecular weight is 571 g/mol. The van der Waals surface area contributed by atoms with E-state index in [0.29, 0.717) is 18.8 Å². The van der Waals surface area contributed by atoms with Gasteiger partial charge in [-0.1, -0.05) is 60.7 Å². The molecule has 216 valence electrons.